The summed E-state index contributed by atoms with van der Waals surface area (Å²) in [4.78, 5) is 25.9. The van der Waals surface area contributed by atoms with Crippen LogP contribution in [-0.2, 0) is 9.59 Å². The van der Waals surface area contributed by atoms with Crippen LogP contribution in [-0.4, -0.2) is 35.3 Å². The molecule has 0 saturated carbocycles. The summed E-state index contributed by atoms with van der Waals surface area (Å²) in [7, 11) is 0. The Morgan fingerprint density at radius 1 is 1.33 bits per heavy atom. The van der Waals surface area contributed by atoms with Crippen LogP contribution in [0.1, 0.15) is 46.5 Å². The number of rotatable bonds is 5. The molecule has 0 bridgehead atoms. The molecular weight excluding hydrogens is 228 g/mol. The van der Waals surface area contributed by atoms with E-state index in [1.54, 1.807) is 11.8 Å². The summed E-state index contributed by atoms with van der Waals surface area (Å²) in [5, 5.41) is 2.82. The molecule has 1 heterocycles. The van der Waals surface area contributed by atoms with Crippen LogP contribution in [0.5, 0.6) is 0 Å². The molecule has 0 radical (unpaired) electrons. The molecule has 18 heavy (non-hydrogen) atoms. The van der Waals surface area contributed by atoms with Crippen LogP contribution < -0.4 is 5.32 Å². The average Bonchev–Trinajstić information content (AvgIpc) is 2.35. The van der Waals surface area contributed by atoms with Gasteiger partial charge in [-0.05, 0) is 19.8 Å². The second kappa shape index (κ2) is 7.05. The van der Waals surface area contributed by atoms with Gasteiger partial charge in [-0.2, -0.15) is 0 Å². The summed E-state index contributed by atoms with van der Waals surface area (Å²) in [5.74, 6) is 5.78. The van der Waals surface area contributed by atoms with Crippen LogP contribution in [0, 0.1) is 11.8 Å². The van der Waals surface area contributed by atoms with Crippen LogP contribution in [0.25, 0.3) is 0 Å². The van der Waals surface area contributed by atoms with Crippen molar-refractivity contribution in [2.24, 2.45) is 0 Å². The van der Waals surface area contributed by atoms with Gasteiger partial charge in [0.15, 0.2) is 0 Å². The average molecular weight is 250 g/mol. The highest BCUT2D eigenvalue weighted by Crippen LogP contribution is 2.16. The van der Waals surface area contributed by atoms with Crippen molar-refractivity contribution in [1.29, 1.82) is 0 Å². The standard InChI is InChI=1S/C14H22N2O2/c1-4-7-8-10-16-12(6-3)13(17)15-11(9-5-2)14(16)18/h11-12H,5-6,8-10H2,1-3H3,(H,15,17). The zero-order valence-corrected chi connectivity index (χ0v) is 11.5. The van der Waals surface area contributed by atoms with Gasteiger partial charge in [0.1, 0.15) is 12.1 Å². The van der Waals surface area contributed by atoms with Crippen LogP contribution >= 0.6 is 0 Å². The Balaban J connectivity index is 2.79. The molecule has 1 fully saturated rings. The smallest absolute Gasteiger partial charge is 0.245 e. The van der Waals surface area contributed by atoms with Crippen molar-refractivity contribution in [3.8, 4) is 11.8 Å². The highest BCUT2D eigenvalue weighted by atomic mass is 16.2. The third-order valence-corrected chi connectivity index (χ3v) is 3.20. The van der Waals surface area contributed by atoms with E-state index in [1.807, 2.05) is 13.8 Å². The third-order valence-electron chi connectivity index (χ3n) is 3.20. The molecule has 1 saturated heterocycles. The molecule has 4 heteroatoms. The van der Waals surface area contributed by atoms with Gasteiger partial charge in [0.2, 0.25) is 11.8 Å². The first-order valence-electron chi connectivity index (χ1n) is 6.66. The lowest BCUT2D eigenvalue weighted by Crippen LogP contribution is -2.63. The van der Waals surface area contributed by atoms with Crippen molar-refractivity contribution in [3.63, 3.8) is 0 Å². The summed E-state index contributed by atoms with van der Waals surface area (Å²) in [5.41, 5.74) is 0. The van der Waals surface area contributed by atoms with Gasteiger partial charge in [0, 0.05) is 13.0 Å². The molecule has 0 aromatic rings. The molecule has 0 aromatic heterocycles. The first kappa shape index (κ1) is 14.6. The van der Waals surface area contributed by atoms with Gasteiger partial charge in [0.05, 0.1) is 0 Å². The minimum Gasteiger partial charge on any atom is -0.343 e. The molecule has 1 aliphatic heterocycles. The van der Waals surface area contributed by atoms with E-state index < -0.39 is 0 Å². The monoisotopic (exact) mass is 250 g/mol. The molecular formula is C14H22N2O2. The first-order chi connectivity index (χ1) is 8.65. The maximum atomic E-state index is 12.3. The Bertz CT molecular complexity index is 368. The SMILES string of the molecule is CC#CCCN1C(=O)C(CCC)NC(=O)C1CC. The molecule has 1 N–H and O–H groups in total. The minimum absolute atomic E-state index is 0.0278. The Morgan fingerprint density at radius 2 is 2.06 bits per heavy atom. The third kappa shape index (κ3) is 3.25. The fourth-order valence-electron chi connectivity index (χ4n) is 2.28. The lowest BCUT2D eigenvalue weighted by atomic mass is 10.0. The topological polar surface area (TPSA) is 49.4 Å². The van der Waals surface area contributed by atoms with Crippen molar-refractivity contribution in [2.45, 2.75) is 58.5 Å². The minimum atomic E-state index is -0.347. The molecule has 1 aliphatic rings. The lowest BCUT2D eigenvalue weighted by molar-refractivity contribution is -0.149. The molecule has 4 nitrogen and oxygen atoms in total. The summed E-state index contributed by atoms with van der Waals surface area (Å²) < 4.78 is 0. The fourth-order valence-corrected chi connectivity index (χ4v) is 2.28. The van der Waals surface area contributed by atoms with Gasteiger partial charge < -0.3 is 10.2 Å². The van der Waals surface area contributed by atoms with Crippen molar-refractivity contribution in [3.05, 3.63) is 0 Å². The molecule has 0 aromatic carbocycles. The summed E-state index contributed by atoms with van der Waals surface area (Å²) in [6, 6.07) is -0.677. The van der Waals surface area contributed by atoms with Crippen molar-refractivity contribution in [2.75, 3.05) is 6.54 Å². The van der Waals surface area contributed by atoms with Crippen molar-refractivity contribution >= 4 is 11.8 Å². The van der Waals surface area contributed by atoms with Crippen molar-refractivity contribution in [1.82, 2.24) is 10.2 Å². The number of hydrogen-bond donors (Lipinski definition) is 1. The summed E-state index contributed by atoms with van der Waals surface area (Å²) in [6.07, 6.45) is 2.87. The lowest BCUT2D eigenvalue weighted by Gasteiger charge is -2.38. The molecule has 1 rings (SSSR count). The van der Waals surface area contributed by atoms with E-state index in [9.17, 15) is 9.59 Å². The van der Waals surface area contributed by atoms with Crippen LogP contribution in [0.3, 0.4) is 0 Å². The predicted molar refractivity (Wildman–Crippen MR) is 70.7 cm³/mol. The maximum Gasteiger partial charge on any atom is 0.245 e. The molecule has 100 valence electrons. The number of nitrogens with one attached hydrogen (secondary N) is 1. The van der Waals surface area contributed by atoms with Gasteiger partial charge in [0.25, 0.3) is 0 Å². The second-order valence-corrected chi connectivity index (χ2v) is 4.48. The van der Waals surface area contributed by atoms with Crippen LogP contribution in [0.15, 0.2) is 0 Å². The van der Waals surface area contributed by atoms with E-state index in [2.05, 4.69) is 17.2 Å². The number of carbonyl (C=O) groups excluding carboxylic acids is 2. The van der Waals surface area contributed by atoms with E-state index in [1.165, 1.54) is 0 Å². The number of hydrogen-bond acceptors (Lipinski definition) is 2. The van der Waals surface area contributed by atoms with E-state index in [4.69, 9.17) is 0 Å². The number of amides is 2. The number of carbonyl (C=O) groups is 2. The summed E-state index contributed by atoms with van der Waals surface area (Å²) >= 11 is 0. The van der Waals surface area contributed by atoms with Crippen molar-refractivity contribution < 1.29 is 9.59 Å². The van der Waals surface area contributed by atoms with Gasteiger partial charge in [-0.1, -0.05) is 20.3 Å². The van der Waals surface area contributed by atoms with Gasteiger partial charge in [-0.25, -0.2) is 0 Å². The van der Waals surface area contributed by atoms with E-state index >= 15 is 0 Å². The number of piperazine rings is 1. The van der Waals surface area contributed by atoms with Gasteiger partial charge >= 0.3 is 0 Å². The van der Waals surface area contributed by atoms with Gasteiger partial charge in [-0.3, -0.25) is 9.59 Å². The molecule has 0 aliphatic carbocycles. The fraction of sp³-hybridized carbons (Fsp3) is 0.714. The molecule has 2 amide bonds. The zero-order valence-electron chi connectivity index (χ0n) is 11.5. The zero-order chi connectivity index (χ0) is 13.5. The molecule has 2 atom stereocenters. The summed E-state index contributed by atoms with van der Waals surface area (Å²) in [6.45, 7) is 6.27. The largest absolute Gasteiger partial charge is 0.343 e. The normalized spacial score (nSPS) is 23.4. The first-order valence-corrected chi connectivity index (χ1v) is 6.66. The van der Waals surface area contributed by atoms with E-state index in [-0.39, 0.29) is 23.9 Å². The Hall–Kier alpha value is -1.50. The molecule has 0 spiro atoms. The Labute approximate surface area is 109 Å². The maximum absolute atomic E-state index is 12.3. The molecule has 2 unspecified atom stereocenters. The number of nitrogens with zero attached hydrogens (tertiary/aromatic N) is 1. The second-order valence-electron chi connectivity index (χ2n) is 4.48. The van der Waals surface area contributed by atoms with Gasteiger partial charge in [-0.15, -0.1) is 11.8 Å². The van der Waals surface area contributed by atoms with E-state index in [0.717, 1.165) is 6.42 Å². The van der Waals surface area contributed by atoms with Crippen LogP contribution in [0.2, 0.25) is 0 Å². The van der Waals surface area contributed by atoms with Crippen LogP contribution in [0.4, 0.5) is 0 Å². The quantitative estimate of drug-likeness (QED) is 0.748. The highest BCUT2D eigenvalue weighted by molar-refractivity contribution is 5.96. The van der Waals surface area contributed by atoms with E-state index in [0.29, 0.717) is 25.8 Å². The Kier molecular flexibility index (Phi) is 5.70. The Morgan fingerprint density at radius 3 is 2.61 bits per heavy atom. The predicted octanol–water partition coefficient (Wildman–Crippen LogP) is 1.31. The highest BCUT2D eigenvalue weighted by Gasteiger charge is 2.38.